The van der Waals surface area contributed by atoms with Gasteiger partial charge in [0.25, 0.3) is 0 Å². The normalized spacial score (nSPS) is 22.3. The van der Waals surface area contributed by atoms with Gasteiger partial charge in [-0.1, -0.05) is 0 Å². The fraction of sp³-hybridized carbons (Fsp3) is 0.571. The molecule has 0 amide bonds. The lowest BCUT2D eigenvalue weighted by molar-refractivity contribution is -0.0432. The zero-order valence-electron chi connectivity index (χ0n) is 11.6. The molecule has 0 aliphatic carbocycles. The molecule has 5 heteroatoms. The lowest BCUT2D eigenvalue weighted by atomic mass is 9.91. The maximum atomic E-state index is 9.69. The van der Waals surface area contributed by atoms with Gasteiger partial charge in [-0.2, -0.15) is 0 Å². The Morgan fingerprint density at radius 3 is 2.16 bits per heavy atom. The van der Waals surface area contributed by atoms with Gasteiger partial charge < -0.3 is 24.1 Å². The Balaban J connectivity index is 2.52. The smallest absolute Gasteiger partial charge is 0.203 e. The Hall–Kier alpha value is -1.46. The maximum absolute atomic E-state index is 9.69. The third-order valence-corrected chi connectivity index (χ3v) is 3.55. The number of methoxy groups -OCH3 is 3. The molecule has 2 rings (SSSR count). The number of aliphatic hydroxyl groups is 1. The summed E-state index contributed by atoms with van der Waals surface area (Å²) < 4.78 is 21.7. The molecule has 1 atom stereocenters. The molecule has 0 spiro atoms. The van der Waals surface area contributed by atoms with E-state index in [-0.39, 0.29) is 6.61 Å². The molecular weight excluding hydrogens is 248 g/mol. The van der Waals surface area contributed by atoms with Gasteiger partial charge in [0.15, 0.2) is 11.5 Å². The molecule has 1 aromatic carbocycles. The molecule has 1 saturated heterocycles. The monoisotopic (exact) mass is 268 g/mol. The Labute approximate surface area is 113 Å². The van der Waals surface area contributed by atoms with E-state index in [0.717, 1.165) is 18.4 Å². The number of ether oxygens (including phenoxy) is 4. The van der Waals surface area contributed by atoms with Gasteiger partial charge >= 0.3 is 0 Å². The molecule has 1 unspecified atom stereocenters. The van der Waals surface area contributed by atoms with Gasteiger partial charge in [0.05, 0.1) is 27.9 Å². The average Bonchev–Trinajstić information content (AvgIpc) is 2.95. The second-order valence-corrected chi connectivity index (χ2v) is 4.52. The number of aliphatic hydroxyl groups excluding tert-OH is 1. The Kier molecular flexibility index (Phi) is 4.17. The minimum Gasteiger partial charge on any atom is -0.493 e. The van der Waals surface area contributed by atoms with E-state index in [2.05, 4.69) is 0 Å². The minimum absolute atomic E-state index is 0.0639. The van der Waals surface area contributed by atoms with Crippen LogP contribution in [0.15, 0.2) is 12.1 Å². The Bertz CT molecular complexity index is 412. The number of rotatable bonds is 5. The van der Waals surface area contributed by atoms with E-state index in [0.29, 0.717) is 23.9 Å². The summed E-state index contributed by atoms with van der Waals surface area (Å²) in [6.45, 7) is 0.586. The topological polar surface area (TPSA) is 57.2 Å². The predicted octanol–water partition coefficient (Wildman–Crippen LogP) is 1.71. The van der Waals surface area contributed by atoms with Gasteiger partial charge in [-0.3, -0.25) is 0 Å². The molecule has 1 aliphatic rings. The SMILES string of the molecule is COc1cc(C2(CO)CCCO2)cc(OC)c1OC. The van der Waals surface area contributed by atoms with Crippen LogP contribution in [-0.4, -0.2) is 39.6 Å². The van der Waals surface area contributed by atoms with Gasteiger partial charge in [-0.05, 0) is 30.5 Å². The van der Waals surface area contributed by atoms with Gasteiger partial charge in [0.1, 0.15) is 5.60 Å². The molecule has 1 heterocycles. The van der Waals surface area contributed by atoms with Crippen LogP contribution in [-0.2, 0) is 10.3 Å². The van der Waals surface area contributed by atoms with Crippen LogP contribution in [0.1, 0.15) is 18.4 Å². The average molecular weight is 268 g/mol. The van der Waals surface area contributed by atoms with Gasteiger partial charge in [-0.25, -0.2) is 0 Å². The first-order valence-electron chi connectivity index (χ1n) is 6.26. The van der Waals surface area contributed by atoms with Crippen LogP contribution in [0.5, 0.6) is 17.2 Å². The summed E-state index contributed by atoms with van der Waals surface area (Å²) in [5.41, 5.74) is 0.189. The van der Waals surface area contributed by atoms with Crippen LogP contribution in [0.25, 0.3) is 0 Å². The lowest BCUT2D eigenvalue weighted by Gasteiger charge is -2.28. The van der Waals surface area contributed by atoms with Crippen molar-refractivity contribution in [2.75, 3.05) is 34.5 Å². The predicted molar refractivity (Wildman–Crippen MR) is 70.0 cm³/mol. The molecule has 1 aliphatic heterocycles. The highest BCUT2D eigenvalue weighted by Crippen LogP contribution is 2.44. The zero-order valence-corrected chi connectivity index (χ0v) is 11.6. The molecule has 1 aromatic rings. The molecule has 106 valence electrons. The summed E-state index contributed by atoms with van der Waals surface area (Å²) >= 11 is 0. The van der Waals surface area contributed by atoms with Crippen molar-refractivity contribution in [1.29, 1.82) is 0 Å². The fourth-order valence-electron chi connectivity index (χ4n) is 2.49. The van der Waals surface area contributed by atoms with E-state index in [9.17, 15) is 5.11 Å². The summed E-state index contributed by atoms with van der Waals surface area (Å²) in [4.78, 5) is 0. The van der Waals surface area contributed by atoms with Crippen molar-refractivity contribution in [3.63, 3.8) is 0 Å². The molecule has 1 fully saturated rings. The molecular formula is C14H20O5. The third-order valence-electron chi connectivity index (χ3n) is 3.55. The van der Waals surface area contributed by atoms with E-state index in [1.165, 1.54) is 0 Å². The summed E-state index contributed by atoms with van der Waals surface area (Å²) in [7, 11) is 4.71. The van der Waals surface area contributed by atoms with Crippen LogP contribution < -0.4 is 14.2 Å². The largest absolute Gasteiger partial charge is 0.493 e. The van der Waals surface area contributed by atoms with Crippen molar-refractivity contribution in [2.24, 2.45) is 0 Å². The third kappa shape index (κ3) is 2.35. The van der Waals surface area contributed by atoms with Gasteiger partial charge in [0, 0.05) is 6.61 Å². The quantitative estimate of drug-likeness (QED) is 0.881. The fourth-order valence-corrected chi connectivity index (χ4v) is 2.49. The van der Waals surface area contributed by atoms with Crippen molar-refractivity contribution >= 4 is 0 Å². The van der Waals surface area contributed by atoms with E-state index < -0.39 is 5.60 Å². The van der Waals surface area contributed by atoms with Crippen molar-refractivity contribution < 1.29 is 24.1 Å². The van der Waals surface area contributed by atoms with E-state index in [4.69, 9.17) is 18.9 Å². The molecule has 0 saturated carbocycles. The van der Waals surface area contributed by atoms with E-state index in [1.54, 1.807) is 21.3 Å². The molecule has 5 nitrogen and oxygen atoms in total. The summed E-state index contributed by atoms with van der Waals surface area (Å²) in [6, 6.07) is 3.67. The van der Waals surface area contributed by atoms with Crippen molar-refractivity contribution in [3.8, 4) is 17.2 Å². The Morgan fingerprint density at radius 2 is 1.79 bits per heavy atom. The van der Waals surface area contributed by atoms with Crippen LogP contribution >= 0.6 is 0 Å². The van der Waals surface area contributed by atoms with Gasteiger partial charge in [0.2, 0.25) is 5.75 Å². The van der Waals surface area contributed by atoms with Crippen LogP contribution in [0, 0.1) is 0 Å². The van der Waals surface area contributed by atoms with Gasteiger partial charge in [-0.15, -0.1) is 0 Å². The molecule has 0 radical (unpaired) electrons. The minimum atomic E-state index is -0.660. The van der Waals surface area contributed by atoms with Crippen LogP contribution in [0.3, 0.4) is 0 Å². The highest BCUT2D eigenvalue weighted by molar-refractivity contribution is 5.55. The van der Waals surface area contributed by atoms with Crippen LogP contribution in [0.2, 0.25) is 0 Å². The second kappa shape index (κ2) is 5.67. The summed E-state index contributed by atoms with van der Waals surface area (Å²) in [5.74, 6) is 1.68. The Morgan fingerprint density at radius 1 is 1.16 bits per heavy atom. The van der Waals surface area contributed by atoms with Crippen molar-refractivity contribution in [2.45, 2.75) is 18.4 Å². The molecule has 0 aromatic heterocycles. The standard InChI is InChI=1S/C14H20O5/c1-16-11-7-10(8-12(17-2)13(11)18-3)14(9-15)5-4-6-19-14/h7-8,15H,4-6,9H2,1-3H3. The number of hydrogen-bond donors (Lipinski definition) is 1. The van der Waals surface area contributed by atoms with E-state index >= 15 is 0 Å². The summed E-state index contributed by atoms with van der Waals surface area (Å²) in [6.07, 6.45) is 1.71. The first-order chi connectivity index (χ1) is 9.20. The first kappa shape index (κ1) is 14.0. The van der Waals surface area contributed by atoms with E-state index in [1.807, 2.05) is 12.1 Å². The van der Waals surface area contributed by atoms with Crippen LogP contribution in [0.4, 0.5) is 0 Å². The molecule has 19 heavy (non-hydrogen) atoms. The van der Waals surface area contributed by atoms with Crippen molar-refractivity contribution in [3.05, 3.63) is 17.7 Å². The number of benzene rings is 1. The highest BCUT2D eigenvalue weighted by Gasteiger charge is 2.37. The highest BCUT2D eigenvalue weighted by atomic mass is 16.5. The lowest BCUT2D eigenvalue weighted by Crippen LogP contribution is -2.29. The zero-order chi connectivity index (χ0) is 13.9. The first-order valence-corrected chi connectivity index (χ1v) is 6.26. The van der Waals surface area contributed by atoms with Crippen molar-refractivity contribution in [1.82, 2.24) is 0 Å². The number of hydrogen-bond acceptors (Lipinski definition) is 5. The molecule has 0 bridgehead atoms. The molecule has 1 N–H and O–H groups in total. The maximum Gasteiger partial charge on any atom is 0.203 e. The second-order valence-electron chi connectivity index (χ2n) is 4.52. The summed E-state index contributed by atoms with van der Waals surface area (Å²) in [5, 5.41) is 9.69.